The highest BCUT2D eigenvalue weighted by molar-refractivity contribution is 6.31. The van der Waals surface area contributed by atoms with Crippen molar-refractivity contribution in [3.05, 3.63) is 70.5 Å². The van der Waals surface area contributed by atoms with Gasteiger partial charge in [0.25, 0.3) is 5.91 Å². The third kappa shape index (κ3) is 3.70. The third-order valence-electron chi connectivity index (χ3n) is 3.88. The van der Waals surface area contributed by atoms with Crippen LogP contribution < -0.4 is 5.32 Å². The fourth-order valence-electron chi connectivity index (χ4n) is 2.60. The van der Waals surface area contributed by atoms with Crippen LogP contribution in [0.1, 0.15) is 16.1 Å². The van der Waals surface area contributed by atoms with Gasteiger partial charge in [-0.2, -0.15) is 22.7 Å². The summed E-state index contributed by atoms with van der Waals surface area (Å²) in [5, 5.41) is 5.13. The Bertz CT molecular complexity index is 1060. The molecule has 0 aliphatic rings. The Kier molecular flexibility index (Phi) is 5.12. The lowest BCUT2D eigenvalue weighted by molar-refractivity contribution is -0.141. The number of aryl methyl sites for hydroxylation is 1. The van der Waals surface area contributed by atoms with Crippen LogP contribution in [0.4, 0.5) is 27.6 Å². The summed E-state index contributed by atoms with van der Waals surface area (Å²) in [6, 6.07) is 9.88. The molecule has 10 heteroatoms. The highest BCUT2D eigenvalue weighted by atomic mass is 35.5. The van der Waals surface area contributed by atoms with Gasteiger partial charge in [0, 0.05) is 18.3 Å². The van der Waals surface area contributed by atoms with Crippen LogP contribution in [0.2, 0.25) is 5.02 Å². The molecule has 0 saturated carbocycles. The number of anilines is 1. The number of rotatable bonds is 3. The van der Waals surface area contributed by atoms with Gasteiger partial charge in [-0.3, -0.25) is 4.79 Å². The number of hydrogen-bond acceptors (Lipinski definition) is 2. The van der Waals surface area contributed by atoms with E-state index in [0.29, 0.717) is 15.8 Å². The highest BCUT2D eigenvalue weighted by Crippen LogP contribution is 2.34. The molecule has 0 bridgehead atoms. The average molecular weight is 416 g/mol. The largest absolute Gasteiger partial charge is 0.436 e. The molecule has 1 heterocycles. The van der Waals surface area contributed by atoms with Gasteiger partial charge in [-0.25, -0.2) is 9.07 Å². The van der Waals surface area contributed by atoms with Crippen LogP contribution in [0.5, 0.6) is 0 Å². The van der Waals surface area contributed by atoms with Gasteiger partial charge < -0.3 is 5.32 Å². The molecule has 2 aromatic carbocycles. The molecule has 0 aliphatic heterocycles. The van der Waals surface area contributed by atoms with Crippen molar-refractivity contribution in [1.29, 1.82) is 0 Å². The van der Waals surface area contributed by atoms with Crippen molar-refractivity contribution in [3.8, 4) is 11.1 Å². The predicted octanol–water partition coefficient (Wildman–Crippen LogP) is 5.29. The van der Waals surface area contributed by atoms with E-state index in [2.05, 4.69) is 10.4 Å². The smallest absolute Gasteiger partial charge is 0.321 e. The summed E-state index contributed by atoms with van der Waals surface area (Å²) in [4.78, 5) is 12.4. The monoisotopic (exact) mass is 415 g/mol. The number of carbonyl (C=O) groups excluding carboxylic acids is 1. The normalized spacial score (nSPS) is 11.5. The van der Waals surface area contributed by atoms with Crippen molar-refractivity contribution < 1.29 is 26.7 Å². The van der Waals surface area contributed by atoms with Crippen LogP contribution in [0.3, 0.4) is 0 Å². The summed E-state index contributed by atoms with van der Waals surface area (Å²) in [7, 11) is 0.954. The number of hydrogen-bond donors (Lipinski definition) is 1. The molecule has 1 amide bonds. The van der Waals surface area contributed by atoms with Gasteiger partial charge in [0.1, 0.15) is 11.4 Å². The molecule has 0 radical (unpaired) electrons. The number of aromatic nitrogens is 2. The predicted molar refractivity (Wildman–Crippen MR) is 93.0 cm³/mol. The van der Waals surface area contributed by atoms with E-state index >= 15 is 0 Å². The molecule has 28 heavy (non-hydrogen) atoms. The first-order chi connectivity index (χ1) is 13.1. The Labute approximate surface area is 160 Å². The summed E-state index contributed by atoms with van der Waals surface area (Å²) in [5.74, 6) is -3.40. The minimum atomic E-state index is -5.02. The molecule has 0 atom stereocenters. The molecule has 3 aromatic rings. The second-order valence-electron chi connectivity index (χ2n) is 5.76. The van der Waals surface area contributed by atoms with E-state index in [4.69, 9.17) is 11.6 Å². The molecule has 146 valence electrons. The molecule has 0 saturated heterocycles. The number of nitrogens with one attached hydrogen (secondary N) is 1. The lowest BCUT2D eigenvalue weighted by Gasteiger charge is -2.12. The molecule has 0 fully saturated rings. The van der Waals surface area contributed by atoms with Gasteiger partial charge in [0.05, 0.1) is 5.02 Å². The minimum Gasteiger partial charge on any atom is -0.321 e. The zero-order chi connectivity index (χ0) is 20.6. The summed E-state index contributed by atoms with van der Waals surface area (Å²) < 4.78 is 67.1. The van der Waals surface area contributed by atoms with E-state index in [0.717, 1.165) is 13.1 Å². The molecular weight excluding hydrogens is 405 g/mol. The number of alkyl halides is 3. The Hall–Kier alpha value is -2.94. The Balaban J connectivity index is 2.02. The molecular formula is C18H11ClF5N3O. The number of para-hydroxylation sites is 1. The maximum atomic E-state index is 14.1. The molecule has 0 aliphatic carbocycles. The van der Waals surface area contributed by atoms with Crippen molar-refractivity contribution in [3.63, 3.8) is 0 Å². The molecule has 1 aromatic heterocycles. The van der Waals surface area contributed by atoms with Crippen LogP contribution in [0.15, 0.2) is 42.5 Å². The minimum absolute atomic E-state index is 0.0894. The highest BCUT2D eigenvalue weighted by Gasteiger charge is 2.41. The SMILES string of the molecule is Cn1nc(C(F)(F)F)c(C(=O)Nc2ccccc2-c2ccc(F)c(Cl)c2)c1F. The van der Waals surface area contributed by atoms with E-state index in [9.17, 15) is 26.7 Å². The number of halogens is 6. The fourth-order valence-corrected chi connectivity index (χ4v) is 2.78. The zero-order valence-electron chi connectivity index (χ0n) is 14.1. The second kappa shape index (κ2) is 7.23. The van der Waals surface area contributed by atoms with Gasteiger partial charge in [0.2, 0.25) is 5.95 Å². The maximum absolute atomic E-state index is 14.1. The Morgan fingerprint density at radius 3 is 2.46 bits per heavy atom. The molecule has 3 rings (SSSR count). The van der Waals surface area contributed by atoms with E-state index < -0.39 is 35.1 Å². The van der Waals surface area contributed by atoms with Crippen molar-refractivity contribution in [2.45, 2.75) is 6.18 Å². The first kappa shape index (κ1) is 19.8. The van der Waals surface area contributed by atoms with E-state index in [1.807, 2.05) is 0 Å². The average Bonchev–Trinajstić information content (AvgIpc) is 2.93. The lowest BCUT2D eigenvalue weighted by Crippen LogP contribution is -2.19. The van der Waals surface area contributed by atoms with Gasteiger partial charge >= 0.3 is 6.18 Å². The van der Waals surface area contributed by atoms with Gasteiger partial charge in [-0.15, -0.1) is 0 Å². The number of nitrogens with zero attached hydrogens (tertiary/aromatic N) is 2. The quantitative estimate of drug-likeness (QED) is 0.591. The standard InChI is InChI=1S/C18H11ClF5N3O/c1-27-16(21)14(15(26-27)18(22,23)24)17(28)25-13-5-3-2-4-10(13)9-6-7-12(20)11(19)8-9/h2-8H,1H3,(H,25,28). The molecule has 1 N–H and O–H groups in total. The van der Waals surface area contributed by atoms with Crippen molar-refractivity contribution in [2.24, 2.45) is 7.05 Å². The van der Waals surface area contributed by atoms with Gasteiger partial charge in [-0.1, -0.05) is 35.9 Å². The van der Waals surface area contributed by atoms with Crippen LogP contribution in [-0.4, -0.2) is 15.7 Å². The van der Waals surface area contributed by atoms with Crippen molar-refractivity contribution in [2.75, 3.05) is 5.32 Å². The van der Waals surface area contributed by atoms with Gasteiger partial charge in [-0.05, 0) is 23.8 Å². The Morgan fingerprint density at radius 1 is 1.14 bits per heavy atom. The summed E-state index contributed by atoms with van der Waals surface area (Å²) in [5.41, 5.74) is -2.00. The third-order valence-corrected chi connectivity index (χ3v) is 4.17. The van der Waals surface area contributed by atoms with E-state index in [1.54, 1.807) is 12.1 Å². The fraction of sp³-hybridized carbons (Fsp3) is 0.111. The molecule has 4 nitrogen and oxygen atoms in total. The van der Waals surface area contributed by atoms with Crippen molar-refractivity contribution in [1.82, 2.24) is 9.78 Å². The summed E-state index contributed by atoms with van der Waals surface area (Å²) in [6.07, 6.45) is -5.02. The Morgan fingerprint density at radius 2 is 1.82 bits per heavy atom. The maximum Gasteiger partial charge on any atom is 0.436 e. The van der Waals surface area contributed by atoms with Crippen LogP contribution in [-0.2, 0) is 13.2 Å². The van der Waals surface area contributed by atoms with Crippen LogP contribution in [0.25, 0.3) is 11.1 Å². The zero-order valence-corrected chi connectivity index (χ0v) is 14.9. The topological polar surface area (TPSA) is 46.9 Å². The second-order valence-corrected chi connectivity index (χ2v) is 6.17. The van der Waals surface area contributed by atoms with Crippen molar-refractivity contribution >= 4 is 23.2 Å². The number of amides is 1. The molecule has 0 spiro atoms. The molecule has 0 unspecified atom stereocenters. The first-order valence-corrected chi connectivity index (χ1v) is 8.13. The summed E-state index contributed by atoms with van der Waals surface area (Å²) in [6.45, 7) is 0. The lowest BCUT2D eigenvalue weighted by atomic mass is 10.0. The summed E-state index contributed by atoms with van der Waals surface area (Å²) >= 11 is 5.76. The van der Waals surface area contributed by atoms with Crippen LogP contribution >= 0.6 is 11.6 Å². The van der Waals surface area contributed by atoms with E-state index in [1.165, 1.54) is 24.3 Å². The number of benzene rings is 2. The first-order valence-electron chi connectivity index (χ1n) is 7.75. The van der Waals surface area contributed by atoms with Crippen LogP contribution in [0, 0.1) is 11.8 Å². The van der Waals surface area contributed by atoms with Gasteiger partial charge in [0.15, 0.2) is 5.69 Å². The van der Waals surface area contributed by atoms with E-state index in [-0.39, 0.29) is 10.7 Å². The number of carbonyl (C=O) groups is 1.